The quantitative estimate of drug-likeness (QED) is 0.159. The normalized spacial score (nSPS) is 19.2. The standard InChI is InChI=1S/C41H44F2N2O2S/c1-4-41(42,43)32-16-9-8-15-31(32)34-20-17-29-22-30(18-19-33(29)44-34)38-37(27-12-6-5-7-13-27)39-35(23-36(48-39)40(46)47)45(38)24-26(3)28-14-10-11-25(2)21-28/h8-9,15-20,22-23,25,27-28H,3-7,10-14,21,24H2,1-2H3,(H,46,47). The van der Waals surface area contributed by atoms with Crippen molar-refractivity contribution in [3.8, 4) is 22.5 Å². The largest absolute Gasteiger partial charge is 0.477 e. The average Bonchev–Trinajstić information content (AvgIpc) is 3.66. The molecule has 2 fully saturated rings. The van der Waals surface area contributed by atoms with Crippen molar-refractivity contribution < 1.29 is 18.7 Å². The Bertz CT molecular complexity index is 2000. The number of carboxylic acid groups (broad SMARTS) is 1. The Morgan fingerprint density at radius 2 is 1.81 bits per heavy atom. The average molecular weight is 667 g/mol. The van der Waals surface area contributed by atoms with Crippen LogP contribution < -0.4 is 0 Å². The first-order valence-electron chi connectivity index (χ1n) is 17.6. The van der Waals surface area contributed by atoms with Gasteiger partial charge in [-0.05, 0) is 78.8 Å². The summed E-state index contributed by atoms with van der Waals surface area (Å²) >= 11 is 1.40. The van der Waals surface area contributed by atoms with Gasteiger partial charge in [-0.1, -0.05) is 94.5 Å². The molecular formula is C41H44F2N2O2S. The maximum atomic E-state index is 14.9. The Morgan fingerprint density at radius 1 is 1.02 bits per heavy atom. The SMILES string of the molecule is C=C(Cn1c(-c2ccc3nc(-c4ccccc4C(F)(F)CC)ccc3c2)c(C2CCCCC2)c2sc(C(=O)O)cc21)C1CCCC(C)C1. The number of benzene rings is 2. The smallest absolute Gasteiger partial charge is 0.345 e. The van der Waals surface area contributed by atoms with Gasteiger partial charge in [0.25, 0.3) is 5.92 Å². The predicted octanol–water partition coefficient (Wildman–Crippen LogP) is 12.2. The highest BCUT2D eigenvalue weighted by Crippen LogP contribution is 2.48. The summed E-state index contributed by atoms with van der Waals surface area (Å²) in [6.07, 6.45) is 10.3. The van der Waals surface area contributed by atoms with Crippen molar-refractivity contribution in [1.29, 1.82) is 0 Å². The summed E-state index contributed by atoms with van der Waals surface area (Å²) in [6, 6.07) is 18.6. The molecule has 2 aliphatic carbocycles. The highest BCUT2D eigenvalue weighted by atomic mass is 32.1. The number of carbonyl (C=O) groups is 1. The van der Waals surface area contributed by atoms with E-state index in [9.17, 15) is 18.7 Å². The fourth-order valence-corrected chi connectivity index (χ4v) is 9.40. The van der Waals surface area contributed by atoms with E-state index in [1.807, 2.05) is 24.3 Å². The molecule has 3 aromatic heterocycles. The molecule has 5 aromatic rings. The van der Waals surface area contributed by atoms with Gasteiger partial charge in [0.1, 0.15) is 4.88 Å². The first kappa shape index (κ1) is 32.7. The minimum absolute atomic E-state index is 0.000638. The van der Waals surface area contributed by atoms with Crippen LogP contribution in [-0.2, 0) is 12.5 Å². The number of rotatable bonds is 9. The Hall–Kier alpha value is -3.84. The van der Waals surface area contributed by atoms with Crippen LogP contribution in [0.1, 0.15) is 105 Å². The molecule has 250 valence electrons. The lowest BCUT2D eigenvalue weighted by molar-refractivity contribution is -0.00771. The predicted molar refractivity (Wildman–Crippen MR) is 193 cm³/mol. The molecule has 0 bridgehead atoms. The van der Waals surface area contributed by atoms with E-state index in [0.717, 1.165) is 58.1 Å². The minimum atomic E-state index is -2.94. The molecule has 2 aliphatic rings. The number of allylic oxidation sites excluding steroid dienone is 1. The number of carboxylic acids is 1. The second kappa shape index (κ2) is 13.2. The Morgan fingerprint density at radius 3 is 2.56 bits per heavy atom. The van der Waals surface area contributed by atoms with Crippen molar-refractivity contribution >= 4 is 38.4 Å². The van der Waals surface area contributed by atoms with Gasteiger partial charge in [0.05, 0.1) is 27.1 Å². The third-order valence-corrected chi connectivity index (χ3v) is 12.0. The number of aromatic nitrogens is 2. The fraction of sp³-hybridized carbons (Fsp3) is 0.415. The van der Waals surface area contributed by atoms with Crippen LogP contribution in [0, 0.1) is 11.8 Å². The van der Waals surface area contributed by atoms with Gasteiger partial charge in [0.2, 0.25) is 0 Å². The molecule has 2 unspecified atom stereocenters. The summed E-state index contributed by atoms with van der Waals surface area (Å²) in [6.45, 7) is 9.13. The third kappa shape index (κ3) is 6.11. The molecule has 0 amide bonds. The molecule has 0 aliphatic heterocycles. The second-order valence-electron chi connectivity index (χ2n) is 14.1. The topological polar surface area (TPSA) is 55.1 Å². The summed E-state index contributed by atoms with van der Waals surface area (Å²) in [5.74, 6) is -2.33. The van der Waals surface area contributed by atoms with Crippen LogP contribution in [0.4, 0.5) is 8.78 Å². The van der Waals surface area contributed by atoms with Crippen LogP contribution >= 0.6 is 11.3 Å². The van der Waals surface area contributed by atoms with Crippen LogP contribution in [0.15, 0.2) is 72.8 Å². The van der Waals surface area contributed by atoms with Crippen molar-refractivity contribution in [2.45, 2.75) is 96.4 Å². The van der Waals surface area contributed by atoms with E-state index in [1.165, 1.54) is 67.6 Å². The van der Waals surface area contributed by atoms with E-state index in [2.05, 4.69) is 30.2 Å². The van der Waals surface area contributed by atoms with Crippen molar-refractivity contribution in [2.75, 3.05) is 0 Å². The summed E-state index contributed by atoms with van der Waals surface area (Å²) in [5.41, 5.74) is 7.43. The van der Waals surface area contributed by atoms with Crippen molar-refractivity contribution in [2.24, 2.45) is 11.8 Å². The third-order valence-electron chi connectivity index (χ3n) is 10.9. The van der Waals surface area contributed by atoms with Gasteiger partial charge in [0, 0.05) is 29.5 Å². The number of alkyl halides is 2. The van der Waals surface area contributed by atoms with Gasteiger partial charge in [-0.25, -0.2) is 18.6 Å². The van der Waals surface area contributed by atoms with E-state index in [0.29, 0.717) is 40.4 Å². The van der Waals surface area contributed by atoms with Gasteiger partial charge < -0.3 is 9.67 Å². The van der Waals surface area contributed by atoms with Crippen molar-refractivity contribution in [3.05, 3.63) is 88.8 Å². The van der Waals surface area contributed by atoms with Gasteiger partial charge in [0.15, 0.2) is 0 Å². The summed E-state index contributed by atoms with van der Waals surface area (Å²) in [4.78, 5) is 17.5. The highest BCUT2D eigenvalue weighted by molar-refractivity contribution is 7.21. The number of halogens is 2. The number of fused-ring (bicyclic) bond motifs is 2. The molecule has 2 aromatic carbocycles. The van der Waals surface area contributed by atoms with E-state index < -0.39 is 11.9 Å². The number of thiophene rings is 1. The first-order valence-corrected chi connectivity index (χ1v) is 18.4. The number of hydrogen-bond donors (Lipinski definition) is 1. The molecule has 0 spiro atoms. The number of aromatic carboxylic acids is 1. The molecule has 7 rings (SSSR count). The number of pyridine rings is 1. The lowest BCUT2D eigenvalue weighted by Crippen LogP contribution is -2.18. The zero-order chi connectivity index (χ0) is 33.6. The van der Waals surface area contributed by atoms with Crippen molar-refractivity contribution in [3.63, 3.8) is 0 Å². The van der Waals surface area contributed by atoms with E-state index in [4.69, 9.17) is 4.98 Å². The molecule has 2 saturated carbocycles. The van der Waals surface area contributed by atoms with E-state index in [1.54, 1.807) is 18.2 Å². The summed E-state index contributed by atoms with van der Waals surface area (Å²) in [7, 11) is 0. The van der Waals surface area contributed by atoms with E-state index >= 15 is 0 Å². The molecule has 4 nitrogen and oxygen atoms in total. The molecular weight excluding hydrogens is 623 g/mol. The lowest BCUT2D eigenvalue weighted by Gasteiger charge is -2.29. The highest BCUT2D eigenvalue weighted by Gasteiger charge is 2.33. The summed E-state index contributed by atoms with van der Waals surface area (Å²) < 4.78 is 33.3. The monoisotopic (exact) mass is 666 g/mol. The maximum absolute atomic E-state index is 14.9. The van der Waals surface area contributed by atoms with Crippen LogP contribution in [0.5, 0.6) is 0 Å². The van der Waals surface area contributed by atoms with Crippen LogP contribution in [0.2, 0.25) is 0 Å². The summed E-state index contributed by atoms with van der Waals surface area (Å²) in [5, 5.41) is 11.0. The molecule has 3 heterocycles. The van der Waals surface area contributed by atoms with Gasteiger partial charge >= 0.3 is 5.97 Å². The first-order chi connectivity index (χ1) is 23.1. The number of nitrogens with zero attached hydrogens (tertiary/aromatic N) is 2. The Balaban J connectivity index is 1.37. The number of hydrogen-bond acceptors (Lipinski definition) is 3. The Kier molecular flexibility index (Phi) is 9.01. The van der Waals surface area contributed by atoms with Crippen molar-refractivity contribution in [1.82, 2.24) is 9.55 Å². The molecule has 0 saturated heterocycles. The van der Waals surface area contributed by atoms with Gasteiger partial charge in [-0.3, -0.25) is 0 Å². The zero-order valence-corrected chi connectivity index (χ0v) is 28.7. The molecule has 1 N–H and O–H groups in total. The fourth-order valence-electron chi connectivity index (χ4n) is 8.28. The minimum Gasteiger partial charge on any atom is -0.477 e. The molecule has 7 heteroatoms. The van der Waals surface area contributed by atoms with Crippen LogP contribution in [-0.4, -0.2) is 20.6 Å². The van der Waals surface area contributed by atoms with Crippen LogP contribution in [0.25, 0.3) is 43.6 Å². The molecule has 48 heavy (non-hydrogen) atoms. The molecule has 2 atom stereocenters. The maximum Gasteiger partial charge on any atom is 0.345 e. The van der Waals surface area contributed by atoms with E-state index in [-0.39, 0.29) is 12.0 Å². The van der Waals surface area contributed by atoms with Gasteiger partial charge in [-0.2, -0.15) is 0 Å². The Labute approximate surface area is 285 Å². The zero-order valence-electron chi connectivity index (χ0n) is 27.9. The van der Waals surface area contributed by atoms with Gasteiger partial charge in [-0.15, -0.1) is 11.3 Å². The van der Waals surface area contributed by atoms with Crippen LogP contribution in [0.3, 0.4) is 0 Å². The lowest BCUT2D eigenvalue weighted by atomic mass is 9.79. The second-order valence-corrected chi connectivity index (χ2v) is 15.2. The molecule has 0 radical (unpaired) electrons.